The molecule has 1 saturated heterocycles. The molecule has 0 bridgehead atoms. The molecule has 0 amide bonds. The van der Waals surface area contributed by atoms with Crippen LogP contribution in [0, 0.1) is 0 Å². The molecule has 0 saturated carbocycles. The average molecular weight is 387 g/mol. The standard InChI is InChI=1S/C12H16Cl2N2O4S2/c13-11-2-1-10(7-12(11)14)22(19,20)16(5-4-15)9-3-6-21(17,18)8-9/h1-2,7,9H,3-6,8,15H2/t9-/m1/s1. The van der Waals surface area contributed by atoms with E-state index in [-0.39, 0.29) is 46.0 Å². The van der Waals surface area contributed by atoms with Crippen LogP contribution >= 0.6 is 23.2 Å². The second-order valence-electron chi connectivity index (χ2n) is 5.04. The fourth-order valence-corrected chi connectivity index (χ4v) is 6.29. The highest BCUT2D eigenvalue weighted by atomic mass is 35.5. The molecular weight excluding hydrogens is 371 g/mol. The second kappa shape index (κ2) is 6.62. The van der Waals surface area contributed by atoms with Crippen molar-refractivity contribution in [3.63, 3.8) is 0 Å². The lowest BCUT2D eigenvalue weighted by Crippen LogP contribution is -2.43. The van der Waals surface area contributed by atoms with Crippen molar-refractivity contribution in [3.8, 4) is 0 Å². The maximum Gasteiger partial charge on any atom is 0.243 e. The van der Waals surface area contributed by atoms with Crippen LogP contribution in [0.5, 0.6) is 0 Å². The Labute approximate surface area is 140 Å². The van der Waals surface area contributed by atoms with Crippen LogP contribution in [0.3, 0.4) is 0 Å². The minimum absolute atomic E-state index is 0.0182. The number of nitrogens with zero attached hydrogens (tertiary/aromatic N) is 1. The Morgan fingerprint density at radius 1 is 1.27 bits per heavy atom. The maximum absolute atomic E-state index is 12.8. The summed E-state index contributed by atoms with van der Waals surface area (Å²) in [6, 6.07) is 3.39. The van der Waals surface area contributed by atoms with E-state index in [1.54, 1.807) is 0 Å². The molecule has 124 valence electrons. The Morgan fingerprint density at radius 2 is 1.95 bits per heavy atom. The van der Waals surface area contributed by atoms with Gasteiger partial charge in [-0.25, -0.2) is 16.8 Å². The van der Waals surface area contributed by atoms with E-state index in [0.29, 0.717) is 0 Å². The topological polar surface area (TPSA) is 97.5 Å². The lowest BCUT2D eigenvalue weighted by Gasteiger charge is -2.27. The van der Waals surface area contributed by atoms with E-state index in [9.17, 15) is 16.8 Å². The van der Waals surface area contributed by atoms with E-state index in [1.165, 1.54) is 18.2 Å². The molecule has 1 fully saturated rings. The van der Waals surface area contributed by atoms with Gasteiger partial charge >= 0.3 is 0 Å². The Bertz CT molecular complexity index is 765. The molecule has 2 rings (SSSR count). The van der Waals surface area contributed by atoms with Gasteiger partial charge in [0.2, 0.25) is 10.0 Å². The van der Waals surface area contributed by atoms with Gasteiger partial charge in [0.05, 0.1) is 26.4 Å². The van der Waals surface area contributed by atoms with E-state index >= 15 is 0 Å². The first-order valence-corrected chi connectivity index (χ1v) is 10.6. The lowest BCUT2D eigenvalue weighted by atomic mass is 10.2. The van der Waals surface area contributed by atoms with Gasteiger partial charge in [0.1, 0.15) is 0 Å². The summed E-state index contributed by atoms with van der Waals surface area (Å²) in [7, 11) is -7.10. The molecule has 1 aliphatic heterocycles. The summed E-state index contributed by atoms with van der Waals surface area (Å²) in [5.41, 5.74) is 5.49. The summed E-state index contributed by atoms with van der Waals surface area (Å²) >= 11 is 11.7. The van der Waals surface area contributed by atoms with E-state index in [0.717, 1.165) is 4.31 Å². The quantitative estimate of drug-likeness (QED) is 0.817. The van der Waals surface area contributed by atoms with Crippen LogP contribution in [0.4, 0.5) is 0 Å². The third-order valence-corrected chi connectivity index (χ3v) is 7.90. The predicted molar refractivity (Wildman–Crippen MR) is 86.5 cm³/mol. The molecule has 0 radical (unpaired) electrons. The fraction of sp³-hybridized carbons (Fsp3) is 0.500. The first-order valence-electron chi connectivity index (χ1n) is 6.55. The second-order valence-corrected chi connectivity index (χ2v) is 9.97. The summed E-state index contributed by atoms with van der Waals surface area (Å²) in [5, 5.41) is 0.365. The van der Waals surface area contributed by atoms with Crippen LogP contribution in [0.15, 0.2) is 23.1 Å². The van der Waals surface area contributed by atoms with Crippen molar-refractivity contribution in [2.24, 2.45) is 5.73 Å². The minimum atomic E-state index is -3.89. The van der Waals surface area contributed by atoms with Gasteiger partial charge in [-0.3, -0.25) is 0 Å². The first kappa shape index (κ1) is 18.0. The molecule has 1 aromatic carbocycles. The molecule has 22 heavy (non-hydrogen) atoms. The molecule has 1 aromatic rings. The van der Waals surface area contributed by atoms with Crippen molar-refractivity contribution >= 4 is 43.1 Å². The maximum atomic E-state index is 12.8. The molecule has 0 unspecified atom stereocenters. The lowest BCUT2D eigenvalue weighted by molar-refractivity contribution is 0.347. The number of rotatable bonds is 5. The van der Waals surface area contributed by atoms with E-state index in [4.69, 9.17) is 28.9 Å². The first-order chi connectivity index (χ1) is 10.2. The van der Waals surface area contributed by atoms with Gasteiger partial charge in [-0.05, 0) is 24.6 Å². The predicted octanol–water partition coefficient (Wildman–Crippen LogP) is 1.13. The summed E-state index contributed by atoms with van der Waals surface area (Å²) in [4.78, 5) is -0.0281. The van der Waals surface area contributed by atoms with Crippen LogP contribution in [0.1, 0.15) is 6.42 Å². The number of sulfone groups is 1. The van der Waals surface area contributed by atoms with Gasteiger partial charge in [0.25, 0.3) is 0 Å². The number of benzene rings is 1. The normalized spacial score (nSPS) is 21.4. The zero-order valence-electron chi connectivity index (χ0n) is 11.6. The van der Waals surface area contributed by atoms with Gasteiger partial charge in [-0.15, -0.1) is 0 Å². The van der Waals surface area contributed by atoms with Crippen molar-refractivity contribution in [2.45, 2.75) is 17.4 Å². The monoisotopic (exact) mass is 386 g/mol. The van der Waals surface area contributed by atoms with E-state index in [2.05, 4.69) is 0 Å². The van der Waals surface area contributed by atoms with Gasteiger partial charge in [-0.2, -0.15) is 4.31 Å². The number of hydrogen-bond donors (Lipinski definition) is 1. The van der Waals surface area contributed by atoms with Gasteiger partial charge in [-0.1, -0.05) is 23.2 Å². The molecule has 0 aromatic heterocycles. The minimum Gasteiger partial charge on any atom is -0.329 e. The highest BCUT2D eigenvalue weighted by Crippen LogP contribution is 2.29. The zero-order valence-corrected chi connectivity index (χ0v) is 14.7. The number of halogens is 2. The van der Waals surface area contributed by atoms with Crippen molar-refractivity contribution in [3.05, 3.63) is 28.2 Å². The Morgan fingerprint density at radius 3 is 2.45 bits per heavy atom. The van der Waals surface area contributed by atoms with Crippen molar-refractivity contribution < 1.29 is 16.8 Å². The van der Waals surface area contributed by atoms with Crippen LogP contribution in [0.25, 0.3) is 0 Å². The molecule has 1 atom stereocenters. The zero-order chi connectivity index (χ0) is 16.5. The SMILES string of the molecule is NCCN([C@@H]1CCS(=O)(=O)C1)S(=O)(=O)c1ccc(Cl)c(Cl)c1. The van der Waals surface area contributed by atoms with E-state index in [1.807, 2.05) is 0 Å². The molecule has 6 nitrogen and oxygen atoms in total. The van der Waals surface area contributed by atoms with Crippen LogP contribution in [-0.2, 0) is 19.9 Å². The Balaban J connectivity index is 2.40. The van der Waals surface area contributed by atoms with Gasteiger partial charge < -0.3 is 5.73 Å². The number of nitrogens with two attached hydrogens (primary N) is 1. The van der Waals surface area contributed by atoms with Crippen LogP contribution in [0.2, 0.25) is 10.0 Å². The molecule has 0 aliphatic carbocycles. The summed E-state index contributed by atoms with van der Waals surface area (Å²) in [6.07, 6.45) is 0.267. The number of sulfonamides is 1. The fourth-order valence-electron chi connectivity index (χ4n) is 2.40. The summed E-state index contributed by atoms with van der Waals surface area (Å²) < 4.78 is 49.9. The molecular formula is C12H16Cl2N2O4S2. The van der Waals surface area contributed by atoms with Crippen molar-refractivity contribution in [2.75, 3.05) is 24.6 Å². The largest absolute Gasteiger partial charge is 0.329 e. The summed E-state index contributed by atoms with van der Waals surface area (Å²) in [5.74, 6) is -0.205. The smallest absolute Gasteiger partial charge is 0.243 e. The summed E-state index contributed by atoms with van der Waals surface area (Å²) in [6.45, 7) is 0.139. The molecule has 0 spiro atoms. The Hall–Kier alpha value is -0.380. The number of hydrogen-bond acceptors (Lipinski definition) is 5. The molecule has 10 heteroatoms. The van der Waals surface area contributed by atoms with Crippen LogP contribution in [-0.4, -0.2) is 51.8 Å². The van der Waals surface area contributed by atoms with Crippen molar-refractivity contribution in [1.82, 2.24) is 4.31 Å². The Kier molecular flexibility index (Phi) is 5.41. The highest BCUT2D eigenvalue weighted by Gasteiger charge is 2.38. The third kappa shape index (κ3) is 3.74. The third-order valence-electron chi connectivity index (χ3n) is 3.46. The highest BCUT2D eigenvalue weighted by molar-refractivity contribution is 7.92. The van der Waals surface area contributed by atoms with Gasteiger partial charge in [0, 0.05) is 19.1 Å². The molecule has 1 aliphatic rings. The average Bonchev–Trinajstić information content (AvgIpc) is 2.78. The van der Waals surface area contributed by atoms with Crippen molar-refractivity contribution in [1.29, 1.82) is 0 Å². The molecule has 1 heterocycles. The molecule has 2 N–H and O–H groups in total. The van der Waals surface area contributed by atoms with E-state index < -0.39 is 25.9 Å². The van der Waals surface area contributed by atoms with Crippen LogP contribution < -0.4 is 5.73 Å². The van der Waals surface area contributed by atoms with Gasteiger partial charge in [0.15, 0.2) is 9.84 Å².